The number of rotatable bonds is 3. The van der Waals surface area contributed by atoms with Crippen molar-refractivity contribution >= 4 is 28.5 Å². The number of aromatic amines is 1. The molecule has 9 nitrogen and oxygen atoms in total. The molecule has 1 aliphatic heterocycles. The van der Waals surface area contributed by atoms with Gasteiger partial charge in [-0.05, 0) is 49.7 Å². The van der Waals surface area contributed by atoms with Crippen LogP contribution < -0.4 is 16.6 Å². The van der Waals surface area contributed by atoms with Gasteiger partial charge >= 0.3 is 11.7 Å². The Morgan fingerprint density at radius 1 is 1.00 bits per heavy atom. The summed E-state index contributed by atoms with van der Waals surface area (Å²) in [5.41, 5.74) is 1.65. The molecule has 0 atom stereocenters. The van der Waals surface area contributed by atoms with Crippen LogP contribution in [0, 0.1) is 6.92 Å². The average Bonchev–Trinajstić information content (AvgIpc) is 2.78. The maximum Gasteiger partial charge on any atom is 0.328 e. The molecule has 9 heteroatoms. The molecule has 0 saturated carbocycles. The molecule has 2 N–H and O–H groups in total. The number of nitrogens with zero attached hydrogens (tertiary/aromatic N) is 3. The van der Waals surface area contributed by atoms with Gasteiger partial charge in [0.25, 0.3) is 11.5 Å². The zero-order chi connectivity index (χ0) is 22.8. The van der Waals surface area contributed by atoms with Crippen molar-refractivity contribution in [3.63, 3.8) is 0 Å². The standard InChI is InChI=1S/C23H25N5O4/c1-3-28-21(30)18-8-7-16(14-19(18)25-23(28)32)20(29)26-9-11-27(12-10-26)22(31)24-17-6-4-5-15(2)13-17/h4-8,13-14H,3,9-12H2,1-2H3,(H,24,31)(H,25,32). The zero-order valence-corrected chi connectivity index (χ0v) is 18.1. The molecule has 166 valence electrons. The summed E-state index contributed by atoms with van der Waals surface area (Å²) in [5, 5.41) is 3.25. The van der Waals surface area contributed by atoms with Crippen molar-refractivity contribution < 1.29 is 9.59 Å². The minimum atomic E-state index is -0.497. The van der Waals surface area contributed by atoms with E-state index in [0.29, 0.717) is 42.6 Å². The normalized spacial score (nSPS) is 13.9. The van der Waals surface area contributed by atoms with E-state index in [9.17, 15) is 19.2 Å². The van der Waals surface area contributed by atoms with Gasteiger partial charge in [-0.25, -0.2) is 9.59 Å². The van der Waals surface area contributed by atoms with Crippen LogP contribution in [0.4, 0.5) is 10.5 Å². The van der Waals surface area contributed by atoms with Gasteiger partial charge in [0.2, 0.25) is 0 Å². The molecular weight excluding hydrogens is 410 g/mol. The van der Waals surface area contributed by atoms with E-state index in [-0.39, 0.29) is 24.0 Å². The Hall–Kier alpha value is -3.88. The van der Waals surface area contributed by atoms with E-state index in [1.807, 2.05) is 31.2 Å². The number of fused-ring (bicyclic) bond motifs is 1. The molecule has 0 radical (unpaired) electrons. The number of H-pyrrole nitrogens is 1. The molecule has 0 spiro atoms. The van der Waals surface area contributed by atoms with Crippen molar-refractivity contribution in [2.24, 2.45) is 0 Å². The number of hydrogen-bond donors (Lipinski definition) is 2. The van der Waals surface area contributed by atoms with E-state index >= 15 is 0 Å². The lowest BCUT2D eigenvalue weighted by Gasteiger charge is -2.34. The molecule has 1 aliphatic rings. The molecule has 0 aliphatic carbocycles. The zero-order valence-electron chi connectivity index (χ0n) is 18.1. The van der Waals surface area contributed by atoms with E-state index in [1.54, 1.807) is 28.9 Å². The second-order valence-corrected chi connectivity index (χ2v) is 7.82. The third-order valence-electron chi connectivity index (χ3n) is 5.67. The first-order valence-corrected chi connectivity index (χ1v) is 10.6. The number of nitrogens with one attached hydrogen (secondary N) is 2. The topological polar surface area (TPSA) is 108 Å². The Bertz CT molecular complexity index is 1300. The number of amides is 3. The monoisotopic (exact) mass is 435 g/mol. The van der Waals surface area contributed by atoms with Crippen LogP contribution in [0.2, 0.25) is 0 Å². The maximum atomic E-state index is 13.0. The number of anilines is 1. The SMILES string of the molecule is CCn1c(=O)[nH]c2cc(C(=O)N3CCN(C(=O)Nc4cccc(C)c4)CC3)ccc2c1=O. The number of benzene rings is 2. The van der Waals surface area contributed by atoms with E-state index in [0.717, 1.165) is 15.8 Å². The predicted molar refractivity (Wildman–Crippen MR) is 122 cm³/mol. The molecule has 2 aromatic carbocycles. The van der Waals surface area contributed by atoms with Crippen LogP contribution in [-0.2, 0) is 6.54 Å². The summed E-state index contributed by atoms with van der Waals surface area (Å²) in [7, 11) is 0. The van der Waals surface area contributed by atoms with Crippen LogP contribution >= 0.6 is 0 Å². The fraction of sp³-hybridized carbons (Fsp3) is 0.304. The molecule has 3 aromatic rings. The second kappa shape index (κ2) is 8.70. The highest BCUT2D eigenvalue weighted by Gasteiger charge is 2.25. The number of hydrogen-bond acceptors (Lipinski definition) is 4. The summed E-state index contributed by atoms with van der Waals surface area (Å²) in [6.45, 7) is 5.57. The minimum Gasteiger partial charge on any atom is -0.335 e. The van der Waals surface area contributed by atoms with Gasteiger partial charge in [0.05, 0.1) is 10.9 Å². The van der Waals surface area contributed by atoms with Crippen molar-refractivity contribution in [2.45, 2.75) is 20.4 Å². The number of carbonyl (C=O) groups excluding carboxylic acids is 2. The van der Waals surface area contributed by atoms with Gasteiger partial charge in [0.15, 0.2) is 0 Å². The number of aryl methyl sites for hydroxylation is 1. The fourth-order valence-corrected chi connectivity index (χ4v) is 3.90. The van der Waals surface area contributed by atoms with Gasteiger partial charge in [-0.3, -0.25) is 14.2 Å². The summed E-state index contributed by atoms with van der Waals surface area (Å²) in [5.74, 6) is -0.203. The Balaban J connectivity index is 1.44. The van der Waals surface area contributed by atoms with Crippen molar-refractivity contribution in [3.05, 3.63) is 74.4 Å². The lowest BCUT2D eigenvalue weighted by Crippen LogP contribution is -2.51. The van der Waals surface area contributed by atoms with Crippen molar-refractivity contribution in [1.29, 1.82) is 0 Å². The molecule has 32 heavy (non-hydrogen) atoms. The largest absolute Gasteiger partial charge is 0.335 e. The van der Waals surface area contributed by atoms with E-state index in [4.69, 9.17) is 0 Å². The number of urea groups is 1. The molecule has 3 amide bonds. The Kier molecular flexibility index (Phi) is 5.81. The van der Waals surface area contributed by atoms with Crippen LogP contribution in [-0.4, -0.2) is 57.5 Å². The maximum absolute atomic E-state index is 13.0. The number of carbonyl (C=O) groups is 2. The summed E-state index contributed by atoms with van der Waals surface area (Å²) in [6.07, 6.45) is 0. The van der Waals surface area contributed by atoms with Gasteiger partial charge in [0, 0.05) is 44.0 Å². The van der Waals surface area contributed by atoms with Crippen LogP contribution in [0.15, 0.2) is 52.1 Å². The van der Waals surface area contributed by atoms with Crippen molar-refractivity contribution in [3.8, 4) is 0 Å². The summed E-state index contributed by atoms with van der Waals surface area (Å²) < 4.78 is 1.12. The molecule has 4 rings (SSSR count). The Morgan fingerprint density at radius 3 is 2.41 bits per heavy atom. The molecule has 1 saturated heterocycles. The summed E-state index contributed by atoms with van der Waals surface area (Å²) in [6, 6.07) is 12.1. The highest BCUT2D eigenvalue weighted by atomic mass is 16.2. The third kappa shape index (κ3) is 4.14. The van der Waals surface area contributed by atoms with Crippen LogP contribution in [0.3, 0.4) is 0 Å². The lowest BCUT2D eigenvalue weighted by atomic mass is 10.1. The molecular formula is C23H25N5O4. The number of piperazine rings is 1. The lowest BCUT2D eigenvalue weighted by molar-refractivity contribution is 0.0672. The fourth-order valence-electron chi connectivity index (χ4n) is 3.90. The Labute approximate surface area is 184 Å². The van der Waals surface area contributed by atoms with Gasteiger partial charge in [0.1, 0.15) is 0 Å². The summed E-state index contributed by atoms with van der Waals surface area (Å²) in [4.78, 5) is 56.0. The average molecular weight is 435 g/mol. The van der Waals surface area contributed by atoms with Crippen molar-refractivity contribution in [1.82, 2.24) is 19.4 Å². The highest BCUT2D eigenvalue weighted by molar-refractivity contribution is 5.98. The van der Waals surface area contributed by atoms with Gasteiger partial charge in [-0.15, -0.1) is 0 Å². The highest BCUT2D eigenvalue weighted by Crippen LogP contribution is 2.15. The molecule has 1 aromatic heterocycles. The summed E-state index contributed by atoms with van der Waals surface area (Å²) >= 11 is 0. The predicted octanol–water partition coefficient (Wildman–Crippen LogP) is 2.01. The molecule has 0 bridgehead atoms. The Morgan fingerprint density at radius 2 is 1.72 bits per heavy atom. The third-order valence-corrected chi connectivity index (χ3v) is 5.67. The second-order valence-electron chi connectivity index (χ2n) is 7.82. The number of aromatic nitrogens is 2. The molecule has 2 heterocycles. The minimum absolute atomic E-state index is 0.196. The van der Waals surface area contributed by atoms with Gasteiger partial charge in [-0.2, -0.15) is 0 Å². The quantitative estimate of drug-likeness (QED) is 0.656. The molecule has 0 unspecified atom stereocenters. The van der Waals surface area contributed by atoms with E-state index < -0.39 is 5.69 Å². The smallest absolute Gasteiger partial charge is 0.328 e. The first kappa shape index (κ1) is 21.4. The first-order chi connectivity index (χ1) is 15.4. The van der Waals surface area contributed by atoms with E-state index in [1.165, 1.54) is 6.07 Å². The van der Waals surface area contributed by atoms with Gasteiger partial charge in [-0.1, -0.05) is 12.1 Å². The molecule has 1 fully saturated rings. The van der Waals surface area contributed by atoms with Gasteiger partial charge < -0.3 is 20.1 Å². The van der Waals surface area contributed by atoms with E-state index in [2.05, 4.69) is 10.3 Å². The van der Waals surface area contributed by atoms with Crippen LogP contribution in [0.5, 0.6) is 0 Å². The van der Waals surface area contributed by atoms with Crippen LogP contribution in [0.25, 0.3) is 10.9 Å². The van der Waals surface area contributed by atoms with Crippen LogP contribution in [0.1, 0.15) is 22.8 Å². The van der Waals surface area contributed by atoms with Crippen molar-refractivity contribution in [2.75, 3.05) is 31.5 Å². The first-order valence-electron chi connectivity index (χ1n) is 10.6.